The van der Waals surface area contributed by atoms with Crippen molar-refractivity contribution in [3.8, 4) is 50.5 Å². The molecule has 6 aromatic carbocycles. The Balaban J connectivity index is 0.00000380. The fourth-order valence-corrected chi connectivity index (χ4v) is 10.3. The summed E-state index contributed by atoms with van der Waals surface area (Å²) in [6.45, 7) is 40.4. The fraction of sp³-hybridized carbons (Fsp3) is 0.338. The average molecular weight is 1310 g/mol. The number of hydrogen-bond donors (Lipinski definition) is 1. The minimum atomic E-state index is -0.464. The topological polar surface area (TPSA) is 70.7 Å². The van der Waals surface area contributed by atoms with Gasteiger partial charge in [0.2, 0.25) is 0 Å². The van der Waals surface area contributed by atoms with Crippen molar-refractivity contribution in [1.82, 2.24) is 9.97 Å². The van der Waals surface area contributed by atoms with Crippen molar-refractivity contribution in [2.75, 3.05) is 0 Å². The number of phenols is 1. The summed E-state index contributed by atoms with van der Waals surface area (Å²) in [6, 6.07) is 43.8. The molecular formula is C65H69N4OPt2-. The number of aromatic hydroxyl groups is 1. The predicted octanol–water partition coefficient (Wildman–Crippen LogP) is 16.6. The maximum absolute atomic E-state index is 12.0. The largest absolute Gasteiger partial charge is 2.00 e. The van der Waals surface area contributed by atoms with E-state index in [-0.39, 0.29) is 69.2 Å². The van der Waals surface area contributed by atoms with Gasteiger partial charge in [-0.1, -0.05) is 193 Å². The van der Waals surface area contributed by atoms with Crippen molar-refractivity contribution in [2.45, 2.75) is 143 Å². The van der Waals surface area contributed by atoms with Crippen LogP contribution < -0.4 is 0 Å². The second kappa shape index (κ2) is 18.9. The van der Waals surface area contributed by atoms with Crippen LogP contribution in [0.25, 0.3) is 44.8 Å². The van der Waals surface area contributed by atoms with E-state index < -0.39 is 5.41 Å². The Hall–Kier alpha value is -5.21. The normalized spacial score (nSPS) is 14.9. The maximum atomic E-state index is 12.0. The number of aromatic nitrogens is 2. The molecule has 2 aliphatic rings. The van der Waals surface area contributed by atoms with E-state index in [2.05, 4.69) is 214 Å². The van der Waals surface area contributed by atoms with Crippen LogP contribution in [0.1, 0.15) is 161 Å². The Kier molecular flexibility index (Phi) is 14.3. The second-order valence-corrected chi connectivity index (χ2v) is 24.8. The molecule has 1 aromatic heterocycles. The van der Waals surface area contributed by atoms with E-state index in [1.54, 1.807) is 6.33 Å². The van der Waals surface area contributed by atoms with Crippen LogP contribution in [0.2, 0.25) is 0 Å². The second-order valence-electron chi connectivity index (χ2n) is 24.8. The quantitative estimate of drug-likeness (QED) is 0.169. The molecule has 1 N–H and O–H groups in total. The number of benzene rings is 6. The molecule has 2 aliphatic heterocycles. The van der Waals surface area contributed by atoms with Crippen LogP contribution in [0.5, 0.6) is 5.75 Å². The molecule has 9 rings (SSSR count). The van der Waals surface area contributed by atoms with Gasteiger partial charge in [0.25, 0.3) is 0 Å². The Morgan fingerprint density at radius 1 is 0.472 bits per heavy atom. The summed E-state index contributed by atoms with van der Waals surface area (Å²) in [4.78, 5) is 20.5. The van der Waals surface area contributed by atoms with E-state index in [0.717, 1.165) is 95.4 Å². The molecule has 0 aliphatic carbocycles. The Morgan fingerprint density at radius 2 is 0.861 bits per heavy atom. The number of fused-ring (bicyclic) bond motifs is 2. The van der Waals surface area contributed by atoms with E-state index in [9.17, 15) is 5.11 Å². The molecule has 0 atom stereocenters. The SMILES string of the molecule is [CH2-]c1c(C2=Nc3c(-c4[c-]c(-c5cc(-c6[c-]c(-c7cccc8c7N=C(c7cc(C(C)(C)C)cc(C(C)(C)C)c7O)C8(C)C)ccc6)ncn5)ccc4)cccc3C2(C)C)cc(C(C)(C)C)cc1C(C)(C)C.[Pt+2].[Pt]. The molecule has 0 radical (unpaired) electrons. The van der Waals surface area contributed by atoms with Crippen LogP contribution in [0, 0.1) is 19.1 Å². The third-order valence-corrected chi connectivity index (χ3v) is 14.7. The third-order valence-electron chi connectivity index (χ3n) is 14.7. The van der Waals surface area contributed by atoms with Crippen molar-refractivity contribution in [3.63, 3.8) is 0 Å². The predicted molar refractivity (Wildman–Crippen MR) is 294 cm³/mol. The summed E-state index contributed by atoms with van der Waals surface area (Å²) in [5.41, 5.74) is 19.5. The molecule has 376 valence electrons. The van der Waals surface area contributed by atoms with Gasteiger partial charge in [-0.25, -0.2) is 0 Å². The zero-order chi connectivity index (χ0) is 50.7. The van der Waals surface area contributed by atoms with E-state index in [1.165, 1.54) is 22.3 Å². The molecule has 7 aromatic rings. The van der Waals surface area contributed by atoms with Crippen molar-refractivity contribution in [3.05, 3.63) is 179 Å². The maximum Gasteiger partial charge on any atom is 2.00 e. The minimum Gasteiger partial charge on any atom is -0.507 e. The van der Waals surface area contributed by atoms with Crippen molar-refractivity contribution >= 4 is 22.8 Å². The van der Waals surface area contributed by atoms with Gasteiger partial charge in [-0.05, 0) is 39.0 Å². The van der Waals surface area contributed by atoms with Gasteiger partial charge in [-0.15, -0.1) is 82.9 Å². The standard InChI is InChI=1S/C65H69N4O.2Pt/c1-38-47(32-43(60(2,3)4)34-51(38)62(8,9)10)58-64(14,15)49-28-20-26-45(55(49)68-58)39-22-18-24-41(30-39)53-36-54(67-37-66-53)42-25-19-23-40(31-42)46-27-21-29-50-56(46)69-59(65(50,16)17)48-33-44(61(5,6)7)35-52(57(48)70)63(11,12)13;;/h18-29,32-37,70H,1H2,2-17H3;;/q-3;;+2. The van der Waals surface area contributed by atoms with E-state index in [1.807, 2.05) is 12.1 Å². The average Bonchev–Trinajstić information content (AvgIpc) is 3.72. The third kappa shape index (κ3) is 9.71. The first-order valence-electron chi connectivity index (χ1n) is 24.8. The van der Waals surface area contributed by atoms with Gasteiger partial charge in [0.05, 0.1) is 12.0 Å². The van der Waals surface area contributed by atoms with Gasteiger partial charge in [0.1, 0.15) is 5.75 Å². The van der Waals surface area contributed by atoms with Gasteiger partial charge >= 0.3 is 21.1 Å². The number of para-hydroxylation sites is 2. The van der Waals surface area contributed by atoms with Crippen molar-refractivity contribution in [1.29, 1.82) is 0 Å². The summed E-state index contributed by atoms with van der Waals surface area (Å²) in [5.74, 6) is 0.303. The molecule has 0 fully saturated rings. The van der Waals surface area contributed by atoms with Crippen LogP contribution in [0.15, 0.2) is 119 Å². The summed E-state index contributed by atoms with van der Waals surface area (Å²) < 4.78 is 0. The summed E-state index contributed by atoms with van der Waals surface area (Å²) in [7, 11) is 0. The van der Waals surface area contributed by atoms with Gasteiger partial charge in [0.15, 0.2) is 0 Å². The van der Waals surface area contributed by atoms with Gasteiger partial charge in [-0.2, -0.15) is 12.5 Å². The molecule has 0 bridgehead atoms. The Labute approximate surface area is 459 Å². The van der Waals surface area contributed by atoms with Crippen molar-refractivity contribution < 1.29 is 47.2 Å². The number of nitrogens with zero attached hydrogens (tertiary/aromatic N) is 4. The van der Waals surface area contributed by atoms with E-state index in [0.29, 0.717) is 5.75 Å². The first kappa shape index (κ1) is 54.6. The van der Waals surface area contributed by atoms with Crippen LogP contribution in [0.4, 0.5) is 11.4 Å². The molecule has 0 spiro atoms. The number of aliphatic imine (C=N–C) groups is 2. The molecule has 0 amide bonds. The monoisotopic (exact) mass is 1310 g/mol. The summed E-state index contributed by atoms with van der Waals surface area (Å²) >= 11 is 0. The molecule has 7 heteroatoms. The first-order chi connectivity index (χ1) is 32.6. The van der Waals surface area contributed by atoms with Crippen LogP contribution >= 0.6 is 0 Å². The van der Waals surface area contributed by atoms with E-state index >= 15 is 0 Å². The molecule has 3 heterocycles. The number of rotatable bonds is 6. The smallest absolute Gasteiger partial charge is 0.507 e. The Bertz CT molecular complexity index is 3110. The Morgan fingerprint density at radius 3 is 1.29 bits per heavy atom. The van der Waals surface area contributed by atoms with Crippen LogP contribution in [-0.4, -0.2) is 26.5 Å². The number of hydrogen-bond acceptors (Lipinski definition) is 5. The minimum absolute atomic E-state index is 0. The molecule has 0 saturated carbocycles. The molecule has 0 saturated heterocycles. The fourth-order valence-electron chi connectivity index (χ4n) is 10.3. The van der Waals surface area contributed by atoms with Crippen LogP contribution in [0.3, 0.4) is 0 Å². The first-order valence-corrected chi connectivity index (χ1v) is 24.8. The van der Waals surface area contributed by atoms with Gasteiger partial charge in [0, 0.05) is 71.5 Å². The number of phenolic OH excluding ortho intramolecular Hbond substituents is 1. The van der Waals surface area contributed by atoms with Gasteiger partial charge < -0.3 is 5.11 Å². The zero-order valence-corrected chi connectivity index (χ0v) is 49.5. The zero-order valence-electron chi connectivity index (χ0n) is 45.0. The molecule has 5 nitrogen and oxygen atoms in total. The van der Waals surface area contributed by atoms with E-state index in [4.69, 9.17) is 26.9 Å². The van der Waals surface area contributed by atoms with Crippen molar-refractivity contribution in [2.24, 2.45) is 9.98 Å². The van der Waals surface area contributed by atoms with Crippen LogP contribution in [-0.2, 0) is 74.6 Å². The summed E-state index contributed by atoms with van der Waals surface area (Å²) in [5, 5.41) is 12.0. The summed E-state index contributed by atoms with van der Waals surface area (Å²) in [6.07, 6.45) is 1.63. The van der Waals surface area contributed by atoms with Gasteiger partial charge in [-0.3, -0.25) is 20.0 Å². The molecule has 72 heavy (non-hydrogen) atoms. The molecular weight excluding hydrogens is 1240 g/mol. The molecule has 0 unspecified atom stereocenters.